The van der Waals surface area contributed by atoms with E-state index in [1.165, 1.54) is 0 Å². The first kappa shape index (κ1) is 17.3. The standard InChI is InChI=1S/C19H25N3O4/c1-13(23)21(15-5-8-25-9-6-15)17-11-16-14(10-18(17)24)12-20-22(16)19-4-2-3-7-26-19/h10-12,15,19,24H,2-9H2,1H3. The van der Waals surface area contributed by atoms with Crippen LogP contribution in [0.3, 0.4) is 0 Å². The molecule has 3 heterocycles. The summed E-state index contributed by atoms with van der Waals surface area (Å²) in [5.41, 5.74) is 1.41. The normalized spacial score (nSPS) is 21.8. The molecule has 0 spiro atoms. The Kier molecular flexibility index (Phi) is 4.82. The van der Waals surface area contributed by atoms with Crippen molar-refractivity contribution >= 4 is 22.5 Å². The monoisotopic (exact) mass is 359 g/mol. The third-order valence-corrected chi connectivity index (χ3v) is 5.28. The topological polar surface area (TPSA) is 76.8 Å². The number of ether oxygens (including phenoxy) is 2. The van der Waals surface area contributed by atoms with Gasteiger partial charge in [-0.3, -0.25) is 4.79 Å². The summed E-state index contributed by atoms with van der Waals surface area (Å²) in [7, 11) is 0. The number of aromatic hydroxyl groups is 1. The Morgan fingerprint density at radius 2 is 2.04 bits per heavy atom. The molecule has 1 unspecified atom stereocenters. The summed E-state index contributed by atoms with van der Waals surface area (Å²) in [5, 5.41) is 15.9. The number of hydrogen-bond acceptors (Lipinski definition) is 5. The van der Waals surface area contributed by atoms with Crippen LogP contribution in [0, 0.1) is 0 Å². The van der Waals surface area contributed by atoms with Gasteiger partial charge in [0, 0.05) is 38.2 Å². The van der Waals surface area contributed by atoms with Crippen LogP contribution in [-0.2, 0) is 14.3 Å². The number of hydrogen-bond donors (Lipinski definition) is 1. The van der Waals surface area contributed by atoms with E-state index in [0.717, 1.165) is 49.6 Å². The van der Waals surface area contributed by atoms with Crippen LogP contribution < -0.4 is 4.90 Å². The first-order valence-corrected chi connectivity index (χ1v) is 9.34. The number of fused-ring (bicyclic) bond motifs is 1. The van der Waals surface area contributed by atoms with Gasteiger partial charge in [-0.2, -0.15) is 5.10 Å². The molecule has 1 aromatic heterocycles. The summed E-state index contributed by atoms with van der Waals surface area (Å²) in [6.45, 7) is 3.54. The van der Waals surface area contributed by atoms with E-state index in [0.29, 0.717) is 18.9 Å². The number of benzene rings is 1. The molecule has 1 atom stereocenters. The van der Waals surface area contributed by atoms with Gasteiger partial charge in [-0.05, 0) is 44.2 Å². The zero-order valence-electron chi connectivity index (χ0n) is 15.1. The summed E-state index contributed by atoms with van der Waals surface area (Å²) < 4.78 is 13.2. The van der Waals surface area contributed by atoms with Crippen molar-refractivity contribution in [1.29, 1.82) is 0 Å². The van der Waals surface area contributed by atoms with Crippen molar-refractivity contribution in [2.24, 2.45) is 0 Å². The summed E-state index contributed by atoms with van der Waals surface area (Å²) in [4.78, 5) is 14.1. The maximum absolute atomic E-state index is 12.4. The molecule has 0 aliphatic carbocycles. The smallest absolute Gasteiger partial charge is 0.224 e. The van der Waals surface area contributed by atoms with Crippen LogP contribution >= 0.6 is 0 Å². The van der Waals surface area contributed by atoms with Gasteiger partial charge in [-0.25, -0.2) is 4.68 Å². The first-order chi connectivity index (χ1) is 12.6. The molecule has 4 rings (SSSR count). The summed E-state index contributed by atoms with van der Waals surface area (Å²) in [6, 6.07) is 3.59. The molecule has 0 saturated carbocycles. The van der Waals surface area contributed by atoms with Gasteiger partial charge in [0.2, 0.25) is 5.91 Å². The van der Waals surface area contributed by atoms with E-state index in [4.69, 9.17) is 9.47 Å². The Balaban J connectivity index is 1.75. The number of aromatic nitrogens is 2. The summed E-state index contributed by atoms with van der Waals surface area (Å²) >= 11 is 0. The van der Waals surface area contributed by atoms with Crippen molar-refractivity contribution in [2.45, 2.75) is 51.3 Å². The van der Waals surface area contributed by atoms with Crippen LogP contribution in [0.1, 0.15) is 45.3 Å². The van der Waals surface area contributed by atoms with E-state index >= 15 is 0 Å². The fourth-order valence-electron chi connectivity index (χ4n) is 3.98. The van der Waals surface area contributed by atoms with Crippen molar-refractivity contribution in [3.8, 4) is 5.75 Å². The van der Waals surface area contributed by atoms with Gasteiger partial charge in [-0.1, -0.05) is 0 Å². The predicted molar refractivity (Wildman–Crippen MR) is 97.2 cm³/mol. The van der Waals surface area contributed by atoms with Gasteiger partial charge in [-0.15, -0.1) is 0 Å². The molecular formula is C19H25N3O4. The number of anilines is 1. The van der Waals surface area contributed by atoms with Crippen LogP contribution in [0.25, 0.3) is 10.9 Å². The Hall–Kier alpha value is -2.12. The fourth-order valence-corrected chi connectivity index (χ4v) is 3.98. The molecule has 2 aromatic rings. The second-order valence-electron chi connectivity index (χ2n) is 7.04. The number of nitrogens with zero attached hydrogens (tertiary/aromatic N) is 3. The predicted octanol–water partition coefficient (Wildman–Crippen LogP) is 2.97. The molecule has 2 aliphatic heterocycles. The van der Waals surface area contributed by atoms with Crippen molar-refractivity contribution < 1.29 is 19.4 Å². The molecular weight excluding hydrogens is 334 g/mol. The average molecular weight is 359 g/mol. The molecule has 0 radical (unpaired) electrons. The van der Waals surface area contributed by atoms with Crippen LogP contribution in [0.4, 0.5) is 5.69 Å². The molecule has 0 bridgehead atoms. The lowest BCUT2D eigenvalue weighted by Crippen LogP contribution is -2.42. The second-order valence-corrected chi connectivity index (χ2v) is 7.04. The molecule has 2 saturated heterocycles. The van der Waals surface area contributed by atoms with Gasteiger partial charge in [0.25, 0.3) is 0 Å². The van der Waals surface area contributed by atoms with E-state index in [9.17, 15) is 9.90 Å². The van der Waals surface area contributed by atoms with Crippen LogP contribution in [0.2, 0.25) is 0 Å². The Morgan fingerprint density at radius 1 is 1.23 bits per heavy atom. The van der Waals surface area contributed by atoms with E-state index in [-0.39, 0.29) is 23.9 Å². The lowest BCUT2D eigenvalue weighted by molar-refractivity contribution is -0.117. The number of carbonyl (C=O) groups excluding carboxylic acids is 1. The fraction of sp³-hybridized carbons (Fsp3) is 0.579. The highest BCUT2D eigenvalue weighted by atomic mass is 16.5. The van der Waals surface area contributed by atoms with Gasteiger partial charge in [0.15, 0.2) is 6.23 Å². The average Bonchev–Trinajstić information content (AvgIpc) is 3.06. The molecule has 2 fully saturated rings. The highest BCUT2D eigenvalue weighted by Gasteiger charge is 2.28. The van der Waals surface area contributed by atoms with Gasteiger partial charge >= 0.3 is 0 Å². The Labute approximate surface area is 152 Å². The SMILES string of the molecule is CC(=O)N(c1cc2c(cnn2C2CCCCO2)cc1O)C1CCOCC1. The highest BCUT2D eigenvalue weighted by molar-refractivity contribution is 5.97. The number of rotatable bonds is 3. The second kappa shape index (κ2) is 7.25. The van der Waals surface area contributed by atoms with Gasteiger partial charge in [0.05, 0.1) is 17.4 Å². The first-order valence-electron chi connectivity index (χ1n) is 9.34. The molecule has 26 heavy (non-hydrogen) atoms. The Bertz CT molecular complexity index is 791. The van der Waals surface area contributed by atoms with Gasteiger partial charge < -0.3 is 19.5 Å². The van der Waals surface area contributed by atoms with E-state index < -0.39 is 0 Å². The third kappa shape index (κ3) is 3.17. The zero-order valence-corrected chi connectivity index (χ0v) is 15.1. The lowest BCUT2D eigenvalue weighted by atomic mass is 10.0. The third-order valence-electron chi connectivity index (χ3n) is 5.28. The molecule has 1 amide bonds. The lowest BCUT2D eigenvalue weighted by Gasteiger charge is -2.34. The minimum atomic E-state index is -0.0903. The van der Waals surface area contributed by atoms with Crippen molar-refractivity contribution in [3.05, 3.63) is 18.3 Å². The maximum Gasteiger partial charge on any atom is 0.224 e. The molecule has 2 aliphatic rings. The van der Waals surface area contributed by atoms with Crippen LogP contribution in [0.15, 0.2) is 18.3 Å². The summed E-state index contributed by atoms with van der Waals surface area (Å²) in [6.07, 6.45) is 6.28. The van der Waals surface area contributed by atoms with E-state index in [1.54, 1.807) is 24.1 Å². The van der Waals surface area contributed by atoms with Crippen molar-refractivity contribution in [1.82, 2.24) is 9.78 Å². The Morgan fingerprint density at radius 3 is 2.73 bits per heavy atom. The summed E-state index contributed by atoms with van der Waals surface area (Å²) in [5.74, 6) is 0.0230. The molecule has 1 aromatic carbocycles. The van der Waals surface area contributed by atoms with Crippen molar-refractivity contribution in [2.75, 3.05) is 24.7 Å². The number of phenolic OH excluding ortho intramolecular Hbond substituents is 1. The quantitative estimate of drug-likeness (QED) is 0.912. The molecule has 1 N–H and O–H groups in total. The minimum Gasteiger partial charge on any atom is -0.506 e. The highest BCUT2D eigenvalue weighted by Crippen LogP contribution is 2.37. The number of carbonyl (C=O) groups is 1. The molecule has 7 nitrogen and oxygen atoms in total. The van der Waals surface area contributed by atoms with Gasteiger partial charge in [0.1, 0.15) is 5.75 Å². The number of amides is 1. The van der Waals surface area contributed by atoms with Crippen LogP contribution in [-0.4, -0.2) is 46.7 Å². The van der Waals surface area contributed by atoms with Crippen LogP contribution in [0.5, 0.6) is 5.75 Å². The molecule has 140 valence electrons. The number of phenols is 1. The largest absolute Gasteiger partial charge is 0.506 e. The van der Waals surface area contributed by atoms with E-state index in [2.05, 4.69) is 5.10 Å². The minimum absolute atomic E-state index is 0.0342. The van der Waals surface area contributed by atoms with E-state index in [1.807, 2.05) is 10.7 Å². The van der Waals surface area contributed by atoms with Crippen molar-refractivity contribution in [3.63, 3.8) is 0 Å². The zero-order chi connectivity index (χ0) is 18.1. The molecule has 7 heteroatoms. The maximum atomic E-state index is 12.4.